The van der Waals surface area contributed by atoms with Crippen molar-refractivity contribution in [2.45, 2.75) is 0 Å². The van der Waals surface area contributed by atoms with Crippen molar-refractivity contribution >= 4 is 35.3 Å². The van der Waals surface area contributed by atoms with E-state index in [1.165, 1.54) is 6.21 Å². The maximum absolute atomic E-state index is 12.3. The topological polar surface area (TPSA) is 88.6 Å². The number of amides is 1. The summed E-state index contributed by atoms with van der Waals surface area (Å²) in [6.07, 6.45) is 1.47. The highest BCUT2D eigenvalue weighted by Gasteiger charge is 2.11. The van der Waals surface area contributed by atoms with Gasteiger partial charge in [0.1, 0.15) is 17.2 Å². The molecule has 1 heterocycles. The number of aromatic amines is 1. The molecule has 0 fully saturated rings. The third-order valence-corrected chi connectivity index (χ3v) is 4.58. The van der Waals surface area contributed by atoms with Crippen molar-refractivity contribution in [1.29, 1.82) is 0 Å². The normalized spacial score (nSPS) is 10.9. The predicted molar refractivity (Wildman–Crippen MR) is 109 cm³/mol. The maximum atomic E-state index is 12.3. The molecule has 0 aliphatic rings. The fourth-order valence-corrected chi connectivity index (χ4v) is 2.70. The number of ether oxygens (including phenoxy) is 2. The molecule has 9 heteroatoms. The van der Waals surface area contributed by atoms with Crippen LogP contribution in [-0.4, -0.2) is 36.5 Å². The van der Waals surface area contributed by atoms with Gasteiger partial charge in [-0.15, -0.1) is 0 Å². The molecule has 1 amide bonds. The third kappa shape index (κ3) is 4.44. The van der Waals surface area contributed by atoms with Gasteiger partial charge in [-0.05, 0) is 36.4 Å². The lowest BCUT2D eigenvalue weighted by molar-refractivity contribution is 0.0950. The van der Waals surface area contributed by atoms with E-state index in [1.807, 2.05) is 0 Å². The van der Waals surface area contributed by atoms with Gasteiger partial charge in [-0.3, -0.25) is 9.89 Å². The number of benzene rings is 2. The predicted octanol–water partition coefficient (Wildman–Crippen LogP) is 4.16. The number of halogens is 2. The second kappa shape index (κ2) is 8.77. The van der Waals surface area contributed by atoms with Gasteiger partial charge in [-0.1, -0.05) is 29.3 Å². The van der Waals surface area contributed by atoms with Gasteiger partial charge in [0, 0.05) is 11.1 Å². The van der Waals surface area contributed by atoms with E-state index in [0.717, 1.165) is 5.56 Å². The zero-order chi connectivity index (χ0) is 20.1. The van der Waals surface area contributed by atoms with E-state index in [1.54, 1.807) is 56.7 Å². The molecule has 2 aromatic carbocycles. The molecule has 0 atom stereocenters. The van der Waals surface area contributed by atoms with Crippen molar-refractivity contribution in [3.8, 4) is 22.8 Å². The summed E-state index contributed by atoms with van der Waals surface area (Å²) in [7, 11) is 3.11. The molecule has 7 nitrogen and oxygen atoms in total. The maximum Gasteiger partial charge on any atom is 0.289 e. The molecule has 28 heavy (non-hydrogen) atoms. The molecule has 0 aliphatic carbocycles. The van der Waals surface area contributed by atoms with Crippen LogP contribution in [0.5, 0.6) is 11.5 Å². The highest BCUT2D eigenvalue weighted by molar-refractivity contribution is 6.42. The summed E-state index contributed by atoms with van der Waals surface area (Å²) in [6, 6.07) is 12.0. The number of hydrazone groups is 1. The SMILES string of the molecule is COc1ccc(OC)c(/C=N\NC(=O)c2cc(-c3ccc(Cl)c(Cl)c3)n[nH]2)c1. The number of H-pyrrole nitrogens is 1. The Morgan fingerprint density at radius 2 is 1.93 bits per heavy atom. The van der Waals surface area contributed by atoms with Crippen molar-refractivity contribution < 1.29 is 14.3 Å². The van der Waals surface area contributed by atoms with E-state index in [-0.39, 0.29) is 5.69 Å². The first-order chi connectivity index (χ1) is 13.5. The zero-order valence-electron chi connectivity index (χ0n) is 15.0. The number of hydrogen-bond donors (Lipinski definition) is 2. The van der Waals surface area contributed by atoms with Gasteiger partial charge in [0.15, 0.2) is 0 Å². The van der Waals surface area contributed by atoms with Gasteiger partial charge >= 0.3 is 0 Å². The molecular weight excluding hydrogens is 403 g/mol. The van der Waals surface area contributed by atoms with E-state index in [0.29, 0.717) is 32.8 Å². The van der Waals surface area contributed by atoms with Crippen molar-refractivity contribution in [1.82, 2.24) is 15.6 Å². The first kappa shape index (κ1) is 19.7. The molecule has 3 aromatic rings. The van der Waals surface area contributed by atoms with Gasteiger partial charge in [0.2, 0.25) is 0 Å². The number of nitrogens with zero attached hydrogens (tertiary/aromatic N) is 2. The van der Waals surface area contributed by atoms with Gasteiger partial charge in [0.25, 0.3) is 5.91 Å². The second-order valence-corrected chi connectivity index (χ2v) is 6.42. The molecule has 0 aliphatic heterocycles. The summed E-state index contributed by atoms with van der Waals surface area (Å²) in [5, 5.41) is 11.6. The first-order valence-electron chi connectivity index (χ1n) is 8.08. The summed E-state index contributed by atoms with van der Waals surface area (Å²) in [5.74, 6) is 0.799. The van der Waals surface area contributed by atoms with Crippen LogP contribution in [0.4, 0.5) is 0 Å². The average Bonchev–Trinajstić information content (AvgIpc) is 3.20. The Balaban J connectivity index is 1.71. The van der Waals surface area contributed by atoms with Gasteiger partial charge < -0.3 is 9.47 Å². The van der Waals surface area contributed by atoms with Crippen LogP contribution in [-0.2, 0) is 0 Å². The van der Waals surface area contributed by atoms with Crippen molar-refractivity contribution in [3.05, 3.63) is 63.8 Å². The molecule has 0 saturated heterocycles. The van der Waals surface area contributed by atoms with E-state index < -0.39 is 5.91 Å². The van der Waals surface area contributed by atoms with Crippen LogP contribution >= 0.6 is 23.2 Å². The number of methoxy groups -OCH3 is 2. The van der Waals surface area contributed by atoms with Crippen molar-refractivity contribution in [2.75, 3.05) is 14.2 Å². The van der Waals surface area contributed by atoms with Crippen LogP contribution in [0.25, 0.3) is 11.3 Å². The second-order valence-electron chi connectivity index (χ2n) is 5.60. The van der Waals surface area contributed by atoms with Crippen LogP contribution in [0.3, 0.4) is 0 Å². The average molecular weight is 419 g/mol. The lowest BCUT2D eigenvalue weighted by atomic mass is 10.1. The molecule has 144 valence electrons. The number of carbonyl (C=O) groups excluding carboxylic acids is 1. The standard InChI is InChI=1S/C19H16Cl2N4O3/c1-27-13-4-6-18(28-2)12(7-13)10-22-25-19(26)17-9-16(23-24-17)11-3-5-14(20)15(21)8-11/h3-10H,1-2H3,(H,23,24)(H,25,26)/b22-10-. The fraction of sp³-hybridized carbons (Fsp3) is 0.105. The Hall–Kier alpha value is -3.03. The lowest BCUT2D eigenvalue weighted by Gasteiger charge is -2.06. The van der Waals surface area contributed by atoms with Crippen LogP contribution in [0.2, 0.25) is 10.0 Å². The molecule has 0 saturated carbocycles. The van der Waals surface area contributed by atoms with E-state index in [4.69, 9.17) is 32.7 Å². The molecule has 0 radical (unpaired) electrons. The number of hydrogen-bond acceptors (Lipinski definition) is 5. The number of carbonyl (C=O) groups is 1. The summed E-state index contributed by atoms with van der Waals surface area (Å²) >= 11 is 11.9. The van der Waals surface area contributed by atoms with Crippen LogP contribution in [0, 0.1) is 0 Å². The Bertz CT molecular complexity index is 1030. The zero-order valence-corrected chi connectivity index (χ0v) is 16.5. The Labute approximate surface area is 171 Å². The number of aromatic nitrogens is 2. The third-order valence-electron chi connectivity index (χ3n) is 3.84. The van der Waals surface area contributed by atoms with Crippen molar-refractivity contribution in [3.63, 3.8) is 0 Å². The summed E-state index contributed by atoms with van der Waals surface area (Å²) in [4.78, 5) is 12.3. The largest absolute Gasteiger partial charge is 0.497 e. The summed E-state index contributed by atoms with van der Waals surface area (Å²) in [6.45, 7) is 0. The molecule has 1 aromatic heterocycles. The minimum Gasteiger partial charge on any atom is -0.497 e. The molecule has 0 bridgehead atoms. The Morgan fingerprint density at radius 1 is 1.11 bits per heavy atom. The highest BCUT2D eigenvalue weighted by Crippen LogP contribution is 2.27. The van der Waals surface area contributed by atoms with E-state index in [2.05, 4.69) is 20.7 Å². The summed E-state index contributed by atoms with van der Waals surface area (Å²) < 4.78 is 10.4. The van der Waals surface area contributed by atoms with Gasteiger partial charge in [-0.25, -0.2) is 5.43 Å². The molecule has 0 spiro atoms. The molecular formula is C19H16Cl2N4O3. The molecule has 0 unspecified atom stereocenters. The molecule has 3 rings (SSSR count). The smallest absolute Gasteiger partial charge is 0.289 e. The lowest BCUT2D eigenvalue weighted by Crippen LogP contribution is -2.18. The fourth-order valence-electron chi connectivity index (χ4n) is 2.40. The van der Waals surface area contributed by atoms with E-state index in [9.17, 15) is 4.79 Å². The Morgan fingerprint density at radius 3 is 2.64 bits per heavy atom. The number of nitrogens with one attached hydrogen (secondary N) is 2. The van der Waals surface area contributed by atoms with Crippen LogP contribution < -0.4 is 14.9 Å². The Kier molecular flexibility index (Phi) is 6.18. The van der Waals surface area contributed by atoms with Crippen molar-refractivity contribution in [2.24, 2.45) is 5.10 Å². The highest BCUT2D eigenvalue weighted by atomic mass is 35.5. The minimum absolute atomic E-state index is 0.246. The quantitative estimate of drug-likeness (QED) is 0.464. The van der Waals surface area contributed by atoms with Crippen LogP contribution in [0.1, 0.15) is 16.1 Å². The molecule has 2 N–H and O–H groups in total. The monoisotopic (exact) mass is 418 g/mol. The van der Waals surface area contributed by atoms with Gasteiger partial charge in [-0.2, -0.15) is 10.2 Å². The van der Waals surface area contributed by atoms with Gasteiger partial charge in [0.05, 0.1) is 36.2 Å². The van der Waals surface area contributed by atoms with E-state index >= 15 is 0 Å². The van der Waals surface area contributed by atoms with Crippen LogP contribution in [0.15, 0.2) is 47.6 Å². The first-order valence-corrected chi connectivity index (χ1v) is 8.83. The number of rotatable bonds is 6. The minimum atomic E-state index is -0.447. The summed E-state index contributed by atoms with van der Waals surface area (Å²) in [5.41, 5.74) is 4.63.